The minimum absolute atomic E-state index is 0.111. The fourth-order valence-corrected chi connectivity index (χ4v) is 3.49. The van der Waals surface area contributed by atoms with E-state index in [1.165, 1.54) is 12.7 Å². The van der Waals surface area contributed by atoms with Crippen LogP contribution < -0.4 is 0 Å². The summed E-state index contributed by atoms with van der Waals surface area (Å²) in [5, 5.41) is 13.8. The summed E-state index contributed by atoms with van der Waals surface area (Å²) in [4.78, 5) is 15.4. The number of oxime groups is 1. The molecule has 0 saturated heterocycles. The number of H-pyrrole nitrogens is 1. The van der Waals surface area contributed by atoms with Crippen molar-refractivity contribution in [3.63, 3.8) is 0 Å². The zero-order valence-corrected chi connectivity index (χ0v) is 14.2. The highest BCUT2D eigenvalue weighted by Crippen LogP contribution is 2.42. The van der Waals surface area contributed by atoms with E-state index in [9.17, 15) is 10.0 Å². The number of aromatic amines is 1. The fourth-order valence-electron chi connectivity index (χ4n) is 3.49. The second kappa shape index (κ2) is 6.28. The van der Waals surface area contributed by atoms with Gasteiger partial charge in [0, 0.05) is 16.5 Å². The first kappa shape index (κ1) is 16.5. The Morgan fingerprint density at radius 3 is 2.88 bits per heavy atom. The minimum Gasteiger partial charge on any atom is -0.469 e. The van der Waals surface area contributed by atoms with Crippen molar-refractivity contribution in [1.29, 1.82) is 0 Å². The number of nitrogens with zero attached hydrogens (tertiary/aromatic N) is 1. The molecule has 1 unspecified atom stereocenters. The normalized spacial score (nSPS) is 21.9. The van der Waals surface area contributed by atoms with Crippen LogP contribution in [-0.4, -0.2) is 35.6 Å². The Balaban J connectivity index is 2.29. The van der Waals surface area contributed by atoms with Crippen LogP contribution in [0.1, 0.15) is 43.5 Å². The number of fused-ring (bicyclic) bond motifs is 3. The average Bonchev–Trinajstić information content (AvgIpc) is 3.02. The summed E-state index contributed by atoms with van der Waals surface area (Å²) in [6.07, 6.45) is 1.58. The maximum absolute atomic E-state index is 11.9. The third kappa shape index (κ3) is 2.38. The van der Waals surface area contributed by atoms with Gasteiger partial charge >= 0.3 is 5.97 Å². The maximum Gasteiger partial charge on any atom is 0.308 e. The molecule has 0 amide bonds. The van der Waals surface area contributed by atoms with E-state index in [0.717, 1.165) is 28.6 Å². The minimum atomic E-state index is -0.805. The third-order valence-corrected chi connectivity index (χ3v) is 4.88. The van der Waals surface area contributed by atoms with Gasteiger partial charge in [0.25, 0.3) is 0 Å². The Morgan fingerprint density at radius 2 is 2.25 bits per heavy atom. The number of carbonyl (C=O) groups excluding carboxylic acids is 1. The van der Waals surface area contributed by atoms with Crippen LogP contribution >= 0.6 is 0 Å². The zero-order chi connectivity index (χ0) is 17.3. The summed E-state index contributed by atoms with van der Waals surface area (Å²) in [5.41, 5.74) is 3.45. The zero-order valence-electron chi connectivity index (χ0n) is 14.2. The molecule has 0 aliphatic carbocycles. The van der Waals surface area contributed by atoms with Gasteiger partial charge in [-0.25, -0.2) is 0 Å². The summed E-state index contributed by atoms with van der Waals surface area (Å²) in [5.74, 6) is -0.332. The molecule has 3 rings (SSSR count). The van der Waals surface area contributed by atoms with Crippen LogP contribution in [0.3, 0.4) is 0 Å². The molecular formula is C18H22N2O4. The van der Waals surface area contributed by atoms with Crippen LogP contribution in [-0.2, 0) is 26.3 Å². The monoisotopic (exact) mass is 330 g/mol. The van der Waals surface area contributed by atoms with Gasteiger partial charge in [0.05, 0.1) is 25.8 Å². The molecule has 1 aliphatic heterocycles. The van der Waals surface area contributed by atoms with Crippen LogP contribution in [0.4, 0.5) is 0 Å². The topological polar surface area (TPSA) is 83.9 Å². The smallest absolute Gasteiger partial charge is 0.308 e. The number of ether oxygens (including phenoxy) is 2. The number of carbonyl (C=O) groups is 1. The Hall–Kier alpha value is -2.34. The number of esters is 1. The number of methoxy groups -OCH3 is 1. The number of aromatic nitrogens is 1. The van der Waals surface area contributed by atoms with Gasteiger partial charge in [-0.15, -0.1) is 0 Å². The Morgan fingerprint density at radius 1 is 1.46 bits per heavy atom. The number of rotatable bonds is 4. The summed E-state index contributed by atoms with van der Waals surface area (Å²) in [6, 6.07) is 6.06. The molecule has 1 aromatic heterocycles. The second-order valence-electron chi connectivity index (χ2n) is 6.00. The molecule has 0 radical (unpaired) electrons. The lowest BCUT2D eigenvalue weighted by atomic mass is 9.85. The number of hydrogen-bond acceptors (Lipinski definition) is 5. The van der Waals surface area contributed by atoms with E-state index in [1.54, 1.807) is 0 Å². The molecule has 6 nitrogen and oxygen atoms in total. The summed E-state index contributed by atoms with van der Waals surface area (Å²) in [7, 11) is 1.37. The predicted octanol–water partition coefficient (Wildman–Crippen LogP) is 3.11. The first-order chi connectivity index (χ1) is 11.6. The van der Waals surface area contributed by atoms with Gasteiger partial charge in [-0.1, -0.05) is 37.2 Å². The van der Waals surface area contributed by atoms with E-state index < -0.39 is 5.60 Å². The van der Waals surface area contributed by atoms with Gasteiger partial charge in [-0.3, -0.25) is 4.79 Å². The van der Waals surface area contributed by atoms with E-state index in [4.69, 9.17) is 9.47 Å². The lowest BCUT2D eigenvalue weighted by Crippen LogP contribution is -2.40. The van der Waals surface area contributed by atoms with Gasteiger partial charge in [0.1, 0.15) is 11.3 Å². The lowest BCUT2D eigenvalue weighted by Gasteiger charge is -2.36. The van der Waals surface area contributed by atoms with Crippen LogP contribution in [0.25, 0.3) is 10.9 Å². The van der Waals surface area contributed by atoms with Crippen molar-refractivity contribution in [2.75, 3.05) is 13.7 Å². The van der Waals surface area contributed by atoms with Crippen molar-refractivity contribution in [1.82, 2.24) is 4.98 Å². The van der Waals surface area contributed by atoms with Crippen LogP contribution in [0, 0.1) is 0 Å². The number of nitrogens with one attached hydrogen (secondary N) is 1. The summed E-state index contributed by atoms with van der Waals surface area (Å²) in [6.45, 7) is 4.21. The van der Waals surface area contributed by atoms with E-state index in [-0.39, 0.29) is 19.0 Å². The molecule has 2 aromatic rings. The van der Waals surface area contributed by atoms with Crippen molar-refractivity contribution < 1.29 is 19.5 Å². The molecular weight excluding hydrogens is 308 g/mol. The highest BCUT2D eigenvalue weighted by atomic mass is 16.5. The highest BCUT2D eigenvalue weighted by molar-refractivity contribution is 6.14. The summed E-state index contributed by atoms with van der Waals surface area (Å²) < 4.78 is 10.9. The van der Waals surface area contributed by atoms with E-state index in [2.05, 4.69) is 23.1 Å². The van der Waals surface area contributed by atoms with E-state index in [0.29, 0.717) is 12.1 Å². The summed E-state index contributed by atoms with van der Waals surface area (Å²) >= 11 is 0. The largest absolute Gasteiger partial charge is 0.469 e. The molecule has 0 fully saturated rings. The Kier molecular flexibility index (Phi) is 4.32. The van der Waals surface area contributed by atoms with E-state index in [1.807, 2.05) is 19.1 Å². The molecule has 2 heterocycles. The van der Waals surface area contributed by atoms with E-state index >= 15 is 0 Å². The van der Waals surface area contributed by atoms with Crippen molar-refractivity contribution in [2.45, 2.75) is 38.7 Å². The van der Waals surface area contributed by atoms with Gasteiger partial charge in [-0.05, 0) is 18.4 Å². The first-order valence-corrected chi connectivity index (χ1v) is 8.16. The standard InChI is InChI=1S/C18H22N2O4/c1-4-11-7-6-8-12-15-13(20-22)10-24-18(5-2,9-14(21)23-3)17(15)19-16(11)12/h6-8,19,22H,4-5,9-10H2,1-3H3/b20-13+. The van der Waals surface area contributed by atoms with Crippen molar-refractivity contribution >= 4 is 22.6 Å². The molecule has 0 spiro atoms. The number of aryl methyl sites for hydroxylation is 1. The number of para-hydroxylation sites is 1. The predicted molar refractivity (Wildman–Crippen MR) is 90.6 cm³/mol. The number of benzene rings is 1. The quantitative estimate of drug-likeness (QED) is 0.512. The third-order valence-electron chi connectivity index (χ3n) is 4.88. The van der Waals surface area contributed by atoms with Gasteiger partial charge < -0.3 is 19.7 Å². The van der Waals surface area contributed by atoms with Crippen LogP contribution in [0.15, 0.2) is 23.4 Å². The Labute approximate surface area is 140 Å². The molecule has 24 heavy (non-hydrogen) atoms. The molecule has 1 aliphatic rings. The lowest BCUT2D eigenvalue weighted by molar-refractivity contribution is -0.150. The highest BCUT2D eigenvalue weighted by Gasteiger charge is 2.43. The molecule has 1 atom stereocenters. The maximum atomic E-state index is 11.9. The first-order valence-electron chi connectivity index (χ1n) is 8.16. The van der Waals surface area contributed by atoms with Gasteiger partial charge in [0.2, 0.25) is 0 Å². The SMILES string of the molecule is CCc1cccc2c3c([nH]c12)C(CC)(CC(=O)OC)OC/C3=N\O. The van der Waals surface area contributed by atoms with Crippen molar-refractivity contribution in [3.05, 3.63) is 35.0 Å². The molecule has 0 bridgehead atoms. The molecule has 0 saturated carbocycles. The molecule has 128 valence electrons. The van der Waals surface area contributed by atoms with Crippen LogP contribution in [0.5, 0.6) is 0 Å². The average molecular weight is 330 g/mol. The fraction of sp³-hybridized carbons (Fsp3) is 0.444. The van der Waals surface area contributed by atoms with Crippen molar-refractivity contribution in [3.8, 4) is 0 Å². The van der Waals surface area contributed by atoms with Gasteiger partial charge in [-0.2, -0.15) is 0 Å². The number of hydrogen-bond donors (Lipinski definition) is 2. The molecule has 2 N–H and O–H groups in total. The molecule has 6 heteroatoms. The Bertz CT molecular complexity index is 809. The van der Waals surface area contributed by atoms with Crippen molar-refractivity contribution in [2.24, 2.45) is 5.16 Å². The van der Waals surface area contributed by atoms with Crippen LogP contribution in [0.2, 0.25) is 0 Å². The van der Waals surface area contributed by atoms with Gasteiger partial charge in [0.15, 0.2) is 0 Å². The second-order valence-corrected chi connectivity index (χ2v) is 6.00. The molecule has 1 aromatic carbocycles.